The number of rotatable bonds is 4. The van der Waals surface area contributed by atoms with Gasteiger partial charge in [-0.3, -0.25) is 4.79 Å². The Morgan fingerprint density at radius 3 is 2.90 bits per heavy atom. The number of aromatic amines is 1. The molecule has 1 aliphatic heterocycles. The summed E-state index contributed by atoms with van der Waals surface area (Å²) in [5.74, 6) is 0.302. The smallest absolute Gasteiger partial charge is 0.253 e. The Morgan fingerprint density at radius 2 is 2.13 bits per heavy atom. The topological polar surface area (TPSA) is 91.2 Å². The Hall–Kier alpha value is -3.75. The molecular weight excluding hydrogens is 397 g/mol. The summed E-state index contributed by atoms with van der Waals surface area (Å²) >= 11 is 0. The van der Waals surface area contributed by atoms with E-state index in [2.05, 4.69) is 30.3 Å². The summed E-state index contributed by atoms with van der Waals surface area (Å²) in [6.45, 7) is 0.691. The van der Waals surface area contributed by atoms with Crippen LogP contribution in [0.4, 0.5) is 10.2 Å². The van der Waals surface area contributed by atoms with Gasteiger partial charge in [-0.2, -0.15) is 5.10 Å². The van der Waals surface area contributed by atoms with Crippen molar-refractivity contribution < 1.29 is 9.18 Å². The van der Waals surface area contributed by atoms with E-state index in [1.54, 1.807) is 41.4 Å². The van der Waals surface area contributed by atoms with Crippen LogP contribution in [0.2, 0.25) is 0 Å². The van der Waals surface area contributed by atoms with Gasteiger partial charge in [0.2, 0.25) is 0 Å². The quantitative estimate of drug-likeness (QED) is 0.533. The number of carbonyl (C=O) groups is 1. The van der Waals surface area contributed by atoms with Crippen molar-refractivity contribution in [1.82, 2.24) is 29.9 Å². The molecule has 1 fully saturated rings. The Morgan fingerprint density at radius 1 is 1.23 bits per heavy atom. The van der Waals surface area contributed by atoms with E-state index in [0.29, 0.717) is 29.4 Å². The summed E-state index contributed by atoms with van der Waals surface area (Å²) in [5, 5.41) is 7.60. The van der Waals surface area contributed by atoms with Crippen molar-refractivity contribution >= 4 is 17.2 Å². The van der Waals surface area contributed by atoms with E-state index >= 15 is 0 Å². The van der Waals surface area contributed by atoms with Gasteiger partial charge in [-0.1, -0.05) is 0 Å². The minimum atomic E-state index is -0.324. The molecule has 0 unspecified atom stereocenters. The molecule has 8 nitrogen and oxygen atoms in total. The highest BCUT2D eigenvalue weighted by molar-refractivity contribution is 5.94. The first-order chi connectivity index (χ1) is 15.2. The number of carbonyl (C=O) groups excluding carboxylic acids is 1. The third-order valence-electron chi connectivity index (χ3n) is 5.89. The van der Waals surface area contributed by atoms with Crippen LogP contribution in [0.15, 0.2) is 49.1 Å². The van der Waals surface area contributed by atoms with E-state index in [0.717, 1.165) is 36.5 Å². The van der Waals surface area contributed by atoms with Gasteiger partial charge >= 0.3 is 0 Å². The fourth-order valence-corrected chi connectivity index (χ4v) is 4.14. The van der Waals surface area contributed by atoms with Crippen LogP contribution in [-0.2, 0) is 6.42 Å². The zero-order valence-electron chi connectivity index (χ0n) is 16.6. The predicted molar refractivity (Wildman–Crippen MR) is 111 cm³/mol. The number of anilines is 1. The number of aromatic nitrogens is 5. The van der Waals surface area contributed by atoms with E-state index in [1.165, 1.54) is 6.07 Å². The zero-order chi connectivity index (χ0) is 20.9. The molecule has 0 aromatic carbocycles. The molecule has 0 saturated heterocycles. The molecule has 156 valence electrons. The highest BCUT2D eigenvalue weighted by atomic mass is 19.1. The van der Waals surface area contributed by atoms with E-state index in [1.807, 2.05) is 6.07 Å². The van der Waals surface area contributed by atoms with Gasteiger partial charge in [-0.25, -0.2) is 18.9 Å². The lowest BCUT2D eigenvalue weighted by Gasteiger charge is -2.34. The minimum Gasteiger partial charge on any atom is -0.349 e. The molecule has 1 atom stereocenters. The maximum atomic E-state index is 14.3. The number of pyridine rings is 2. The van der Waals surface area contributed by atoms with Gasteiger partial charge in [0.1, 0.15) is 23.2 Å². The van der Waals surface area contributed by atoms with Crippen molar-refractivity contribution in [3.63, 3.8) is 0 Å². The van der Waals surface area contributed by atoms with Crippen LogP contribution >= 0.6 is 0 Å². The molecule has 1 aliphatic carbocycles. The van der Waals surface area contributed by atoms with Gasteiger partial charge in [0.05, 0.1) is 23.3 Å². The van der Waals surface area contributed by atoms with Crippen LogP contribution in [0.5, 0.6) is 0 Å². The fourth-order valence-electron chi connectivity index (χ4n) is 4.14. The minimum absolute atomic E-state index is 0.0952. The van der Waals surface area contributed by atoms with Crippen molar-refractivity contribution in [2.45, 2.75) is 31.3 Å². The first kappa shape index (κ1) is 18.1. The average molecular weight is 417 g/mol. The van der Waals surface area contributed by atoms with Crippen LogP contribution in [-0.4, -0.2) is 43.1 Å². The summed E-state index contributed by atoms with van der Waals surface area (Å²) in [7, 11) is 0. The largest absolute Gasteiger partial charge is 0.349 e. The van der Waals surface area contributed by atoms with E-state index in [9.17, 15) is 9.18 Å². The lowest BCUT2D eigenvalue weighted by Crippen LogP contribution is -2.37. The molecule has 9 heteroatoms. The second kappa shape index (κ2) is 6.90. The van der Waals surface area contributed by atoms with Gasteiger partial charge in [0.15, 0.2) is 0 Å². The van der Waals surface area contributed by atoms with E-state index in [4.69, 9.17) is 0 Å². The van der Waals surface area contributed by atoms with Crippen LogP contribution in [0.1, 0.15) is 46.3 Å². The highest BCUT2D eigenvalue weighted by Gasteiger charge is 2.34. The van der Waals surface area contributed by atoms with Gasteiger partial charge in [-0.15, -0.1) is 0 Å². The summed E-state index contributed by atoms with van der Waals surface area (Å²) in [6, 6.07) is 8.44. The molecule has 4 aromatic rings. The first-order valence-electron chi connectivity index (χ1n) is 10.4. The van der Waals surface area contributed by atoms with Gasteiger partial charge in [0, 0.05) is 37.1 Å². The Bertz CT molecular complexity index is 1270. The SMILES string of the molecule is O=C(NC1CC1)c1ccc(N2CCc3[nH]cnc3[C@H]2c2cc3c(F)cccn3n2)nc1. The molecular formula is C22H20FN7O. The Labute approximate surface area is 177 Å². The number of hydrogen-bond acceptors (Lipinski definition) is 5. The number of nitrogens with one attached hydrogen (secondary N) is 2. The van der Waals surface area contributed by atoms with Crippen LogP contribution in [0, 0.1) is 5.82 Å². The molecule has 2 aliphatic rings. The van der Waals surface area contributed by atoms with Crippen molar-refractivity contribution in [2.75, 3.05) is 11.4 Å². The van der Waals surface area contributed by atoms with Crippen molar-refractivity contribution in [3.05, 3.63) is 77.5 Å². The monoisotopic (exact) mass is 417 g/mol. The second-order valence-electron chi connectivity index (χ2n) is 8.02. The van der Waals surface area contributed by atoms with Crippen molar-refractivity contribution in [2.24, 2.45) is 0 Å². The normalized spacial score (nSPS) is 18.2. The lowest BCUT2D eigenvalue weighted by atomic mass is 9.99. The Kier molecular flexibility index (Phi) is 4.02. The Balaban J connectivity index is 1.38. The lowest BCUT2D eigenvalue weighted by molar-refractivity contribution is 0.0950. The average Bonchev–Trinajstić information content (AvgIpc) is 3.29. The molecule has 5 heterocycles. The molecule has 0 bridgehead atoms. The predicted octanol–water partition coefficient (Wildman–Crippen LogP) is 2.64. The van der Waals surface area contributed by atoms with E-state index < -0.39 is 0 Å². The van der Waals surface area contributed by atoms with Crippen molar-refractivity contribution in [3.8, 4) is 0 Å². The number of hydrogen-bond donors (Lipinski definition) is 2. The number of fused-ring (bicyclic) bond motifs is 2. The van der Waals surface area contributed by atoms with Gasteiger partial charge in [0.25, 0.3) is 5.91 Å². The molecule has 31 heavy (non-hydrogen) atoms. The van der Waals surface area contributed by atoms with Crippen LogP contribution in [0.3, 0.4) is 0 Å². The van der Waals surface area contributed by atoms with Crippen LogP contribution < -0.4 is 10.2 Å². The standard InChI is InChI=1S/C22H20FN7O/c23-15-2-1-8-30-18(15)10-17(28-30)21-20-16(25-12-26-20)7-9-29(21)19-6-3-13(11-24-19)22(31)27-14-4-5-14/h1-3,6,8,10-12,14,21H,4-5,7,9H2,(H,25,26)(H,27,31)/t21-/m1/s1. The maximum Gasteiger partial charge on any atom is 0.253 e. The summed E-state index contributed by atoms with van der Waals surface area (Å²) in [5.41, 5.74) is 3.54. The third-order valence-corrected chi connectivity index (χ3v) is 5.89. The number of H-pyrrole nitrogens is 1. The number of amides is 1. The molecule has 1 amide bonds. The van der Waals surface area contributed by atoms with E-state index in [-0.39, 0.29) is 17.8 Å². The molecule has 4 aromatic heterocycles. The third kappa shape index (κ3) is 3.13. The summed E-state index contributed by atoms with van der Waals surface area (Å²) in [4.78, 5) is 26.7. The van der Waals surface area contributed by atoms with Crippen molar-refractivity contribution in [1.29, 1.82) is 0 Å². The number of halogens is 1. The second-order valence-corrected chi connectivity index (χ2v) is 8.02. The molecule has 2 N–H and O–H groups in total. The first-order valence-corrected chi connectivity index (χ1v) is 10.4. The van der Waals surface area contributed by atoms with Crippen LogP contribution in [0.25, 0.3) is 5.52 Å². The maximum absolute atomic E-state index is 14.3. The summed E-state index contributed by atoms with van der Waals surface area (Å²) < 4.78 is 15.8. The molecule has 0 radical (unpaired) electrons. The fraction of sp³-hybridized carbons (Fsp3) is 0.273. The molecule has 6 rings (SSSR count). The highest BCUT2D eigenvalue weighted by Crippen LogP contribution is 2.36. The number of imidazole rings is 1. The summed E-state index contributed by atoms with van der Waals surface area (Å²) in [6.07, 6.45) is 7.87. The molecule has 1 saturated carbocycles. The van der Waals surface area contributed by atoms with Gasteiger partial charge < -0.3 is 15.2 Å². The number of nitrogens with zero attached hydrogens (tertiary/aromatic N) is 5. The molecule has 0 spiro atoms. The van der Waals surface area contributed by atoms with Gasteiger partial charge in [-0.05, 0) is 43.2 Å². The zero-order valence-corrected chi connectivity index (χ0v) is 16.6.